The van der Waals surface area contributed by atoms with E-state index in [2.05, 4.69) is 22.0 Å². The summed E-state index contributed by atoms with van der Waals surface area (Å²) in [7, 11) is 0. The van der Waals surface area contributed by atoms with E-state index in [9.17, 15) is 14.4 Å². The molecule has 2 aromatic rings. The van der Waals surface area contributed by atoms with Gasteiger partial charge in [-0.1, -0.05) is 18.2 Å². The highest BCUT2D eigenvalue weighted by Crippen LogP contribution is 2.20. The number of para-hydroxylation sites is 1. The summed E-state index contributed by atoms with van der Waals surface area (Å²) in [6, 6.07) is 10.1. The van der Waals surface area contributed by atoms with Crippen molar-refractivity contribution in [3.63, 3.8) is 0 Å². The van der Waals surface area contributed by atoms with Gasteiger partial charge in [-0.05, 0) is 45.4 Å². The Hall–Kier alpha value is -3.09. The molecule has 1 aromatic heterocycles. The monoisotopic (exact) mass is 397 g/mol. The lowest BCUT2D eigenvalue weighted by Crippen LogP contribution is -2.51. The van der Waals surface area contributed by atoms with Gasteiger partial charge in [0.25, 0.3) is 5.91 Å². The van der Waals surface area contributed by atoms with Gasteiger partial charge in [0, 0.05) is 43.1 Å². The molecule has 1 aliphatic heterocycles. The van der Waals surface area contributed by atoms with Crippen LogP contribution in [0.15, 0.2) is 30.3 Å². The number of nitrogens with zero attached hydrogens (tertiary/aromatic N) is 2. The van der Waals surface area contributed by atoms with Crippen LogP contribution in [0, 0.1) is 13.8 Å². The number of ether oxygens (including phenoxy) is 1. The van der Waals surface area contributed by atoms with E-state index in [1.165, 1.54) is 6.92 Å². The predicted molar refractivity (Wildman–Crippen MR) is 110 cm³/mol. The van der Waals surface area contributed by atoms with Gasteiger partial charge in [-0.3, -0.25) is 9.59 Å². The van der Waals surface area contributed by atoms with Gasteiger partial charge in [0.1, 0.15) is 5.69 Å². The fraction of sp³-hybridized carbons (Fsp3) is 0.409. The summed E-state index contributed by atoms with van der Waals surface area (Å²) >= 11 is 0. The van der Waals surface area contributed by atoms with Crippen LogP contribution in [0.1, 0.15) is 46.0 Å². The molecule has 1 unspecified atom stereocenters. The number of hydrogen-bond acceptors (Lipinski definition) is 5. The quantitative estimate of drug-likeness (QED) is 0.620. The summed E-state index contributed by atoms with van der Waals surface area (Å²) in [6.07, 6.45) is -0.894. The minimum atomic E-state index is -0.894. The van der Waals surface area contributed by atoms with E-state index >= 15 is 0 Å². The molecule has 0 saturated carbocycles. The minimum absolute atomic E-state index is 0.115. The van der Waals surface area contributed by atoms with E-state index in [4.69, 9.17) is 4.74 Å². The second-order valence-electron chi connectivity index (χ2n) is 7.38. The average Bonchev–Trinajstić information content (AvgIpc) is 3.02. The van der Waals surface area contributed by atoms with Gasteiger partial charge in [-0.25, -0.2) is 4.79 Å². The lowest BCUT2D eigenvalue weighted by atomic mass is 10.1. The topological polar surface area (TPSA) is 82.7 Å². The van der Waals surface area contributed by atoms with E-state index in [-0.39, 0.29) is 17.4 Å². The number of nitrogens with one attached hydrogen (secondary N) is 1. The molecule has 1 aliphatic rings. The zero-order valence-corrected chi connectivity index (χ0v) is 17.3. The van der Waals surface area contributed by atoms with Gasteiger partial charge in [-0.2, -0.15) is 0 Å². The molecule has 0 spiro atoms. The molecule has 1 atom stereocenters. The van der Waals surface area contributed by atoms with Crippen LogP contribution < -0.4 is 4.90 Å². The Morgan fingerprint density at radius 2 is 1.66 bits per heavy atom. The van der Waals surface area contributed by atoms with Gasteiger partial charge in [-0.15, -0.1) is 0 Å². The van der Waals surface area contributed by atoms with Crippen molar-refractivity contribution in [3.8, 4) is 0 Å². The minimum Gasteiger partial charge on any atom is -0.448 e. The van der Waals surface area contributed by atoms with Crippen LogP contribution in [0.2, 0.25) is 0 Å². The number of piperazine rings is 1. The number of carbonyl (C=O) groups excluding carboxylic acids is 3. The van der Waals surface area contributed by atoms with Crippen LogP contribution in [0.4, 0.5) is 5.69 Å². The molecular formula is C22H27N3O4. The molecule has 0 aliphatic carbocycles. The molecule has 0 bridgehead atoms. The number of carbonyl (C=O) groups is 3. The molecular weight excluding hydrogens is 370 g/mol. The van der Waals surface area contributed by atoms with Crippen LogP contribution in [0.3, 0.4) is 0 Å². The summed E-state index contributed by atoms with van der Waals surface area (Å²) in [5, 5.41) is 0. The third-order valence-electron chi connectivity index (χ3n) is 5.34. The molecule has 1 saturated heterocycles. The zero-order chi connectivity index (χ0) is 21.1. The third kappa shape index (κ3) is 4.34. The lowest BCUT2D eigenvalue weighted by molar-refractivity contribution is -0.140. The van der Waals surface area contributed by atoms with Crippen molar-refractivity contribution in [1.29, 1.82) is 0 Å². The molecule has 1 amide bonds. The number of Topliss-reactive ketones (excluding diaryl/α,β-unsaturated/α-hetero) is 1. The number of aromatic nitrogens is 1. The van der Waals surface area contributed by atoms with Crippen molar-refractivity contribution in [2.24, 2.45) is 0 Å². The number of ketones is 1. The van der Waals surface area contributed by atoms with E-state index in [1.54, 1.807) is 25.7 Å². The summed E-state index contributed by atoms with van der Waals surface area (Å²) in [4.78, 5) is 43.9. The number of amides is 1. The average molecular weight is 397 g/mol. The van der Waals surface area contributed by atoms with Gasteiger partial charge in [0.2, 0.25) is 0 Å². The largest absolute Gasteiger partial charge is 0.448 e. The van der Waals surface area contributed by atoms with Crippen molar-refractivity contribution in [2.75, 3.05) is 31.1 Å². The Bertz CT molecular complexity index is 912. The Labute approximate surface area is 170 Å². The molecule has 7 heteroatoms. The molecule has 29 heavy (non-hydrogen) atoms. The Balaban J connectivity index is 1.59. The molecule has 3 rings (SSSR count). The summed E-state index contributed by atoms with van der Waals surface area (Å²) in [5.74, 6) is -0.948. The summed E-state index contributed by atoms with van der Waals surface area (Å²) in [5.41, 5.74) is 3.03. The highest BCUT2D eigenvalue weighted by Gasteiger charge is 2.29. The number of aromatic amines is 1. The maximum atomic E-state index is 12.7. The van der Waals surface area contributed by atoms with Crippen LogP contribution in [0.5, 0.6) is 0 Å². The van der Waals surface area contributed by atoms with Crippen molar-refractivity contribution in [3.05, 3.63) is 52.8 Å². The van der Waals surface area contributed by atoms with E-state index in [0.717, 1.165) is 18.8 Å². The SMILES string of the molecule is CC(=O)c1c(C)[nH]c(C(=O)OC(C)C(=O)N2CCN(c3ccccc3)CC2)c1C. The molecule has 2 heterocycles. The third-order valence-corrected chi connectivity index (χ3v) is 5.34. The number of hydrogen-bond donors (Lipinski definition) is 1. The predicted octanol–water partition coefficient (Wildman–Crippen LogP) is 2.73. The summed E-state index contributed by atoms with van der Waals surface area (Å²) < 4.78 is 5.41. The van der Waals surface area contributed by atoms with Crippen molar-refractivity contribution >= 4 is 23.3 Å². The Morgan fingerprint density at radius 3 is 2.21 bits per heavy atom. The highest BCUT2D eigenvalue weighted by atomic mass is 16.5. The van der Waals surface area contributed by atoms with Crippen molar-refractivity contribution in [1.82, 2.24) is 9.88 Å². The number of esters is 1. The first-order chi connectivity index (χ1) is 13.8. The molecule has 7 nitrogen and oxygen atoms in total. The van der Waals surface area contributed by atoms with Crippen molar-refractivity contribution < 1.29 is 19.1 Å². The molecule has 154 valence electrons. The van der Waals surface area contributed by atoms with E-state index < -0.39 is 12.1 Å². The highest BCUT2D eigenvalue weighted by molar-refractivity contribution is 6.01. The Morgan fingerprint density at radius 1 is 1.03 bits per heavy atom. The molecule has 1 aromatic carbocycles. The number of benzene rings is 1. The second kappa shape index (κ2) is 8.51. The first-order valence-corrected chi connectivity index (χ1v) is 9.79. The Kier molecular flexibility index (Phi) is 6.06. The van der Waals surface area contributed by atoms with Gasteiger partial charge in [0.15, 0.2) is 11.9 Å². The molecule has 1 N–H and O–H groups in total. The van der Waals surface area contributed by atoms with Gasteiger partial charge >= 0.3 is 5.97 Å². The second-order valence-corrected chi connectivity index (χ2v) is 7.38. The molecule has 0 radical (unpaired) electrons. The first-order valence-electron chi connectivity index (χ1n) is 9.79. The molecule has 1 fully saturated rings. The van der Waals surface area contributed by atoms with Crippen LogP contribution in [-0.4, -0.2) is 59.8 Å². The smallest absolute Gasteiger partial charge is 0.355 e. The van der Waals surface area contributed by atoms with E-state index in [0.29, 0.717) is 29.9 Å². The standard InChI is InChI=1S/C22H27N3O4/c1-14-19(16(3)26)15(2)23-20(14)22(28)29-17(4)21(27)25-12-10-24(11-13-25)18-8-6-5-7-9-18/h5-9,17,23H,10-13H2,1-4H3. The number of aryl methyl sites for hydroxylation is 1. The number of H-pyrrole nitrogens is 1. The van der Waals surface area contributed by atoms with Crippen LogP contribution in [-0.2, 0) is 9.53 Å². The number of rotatable bonds is 5. The van der Waals surface area contributed by atoms with Gasteiger partial charge < -0.3 is 19.5 Å². The number of anilines is 1. The van der Waals surface area contributed by atoms with Crippen LogP contribution >= 0.6 is 0 Å². The van der Waals surface area contributed by atoms with E-state index in [1.807, 2.05) is 18.2 Å². The maximum absolute atomic E-state index is 12.7. The fourth-order valence-corrected chi connectivity index (χ4v) is 3.83. The normalized spacial score (nSPS) is 15.2. The van der Waals surface area contributed by atoms with Crippen LogP contribution in [0.25, 0.3) is 0 Å². The summed E-state index contributed by atoms with van der Waals surface area (Å²) in [6.45, 7) is 9.09. The zero-order valence-electron chi connectivity index (χ0n) is 17.3. The van der Waals surface area contributed by atoms with Crippen molar-refractivity contribution in [2.45, 2.75) is 33.8 Å². The lowest BCUT2D eigenvalue weighted by Gasteiger charge is -2.37. The van der Waals surface area contributed by atoms with Gasteiger partial charge in [0.05, 0.1) is 0 Å². The maximum Gasteiger partial charge on any atom is 0.355 e. The fourth-order valence-electron chi connectivity index (χ4n) is 3.83. The first kappa shape index (κ1) is 20.6.